The second kappa shape index (κ2) is 6.06. The number of rotatable bonds is 4. The van der Waals surface area contributed by atoms with Crippen molar-refractivity contribution in [2.45, 2.75) is 33.4 Å². The van der Waals surface area contributed by atoms with Crippen LogP contribution in [0.5, 0.6) is 0 Å². The molecule has 0 amide bonds. The standard InChI is InChI=1S/C17H22N2O/c1-12-8-13(2)10-15(9-12)16(18-4)11-19-14(3)6-5-7-17(19)20/h5-10,16,18H,11H2,1-4H3. The summed E-state index contributed by atoms with van der Waals surface area (Å²) in [5, 5.41) is 3.32. The molecule has 0 radical (unpaired) electrons. The molecular formula is C17H22N2O. The molecule has 2 rings (SSSR count). The maximum Gasteiger partial charge on any atom is 0.250 e. The van der Waals surface area contributed by atoms with Crippen molar-refractivity contribution in [3.8, 4) is 0 Å². The van der Waals surface area contributed by atoms with Gasteiger partial charge in [-0.3, -0.25) is 4.79 Å². The van der Waals surface area contributed by atoms with Crippen molar-refractivity contribution in [1.82, 2.24) is 9.88 Å². The molecule has 0 saturated carbocycles. The second-order valence-corrected chi connectivity index (χ2v) is 5.38. The number of hydrogen-bond acceptors (Lipinski definition) is 2. The third-order valence-electron chi connectivity index (χ3n) is 3.63. The fourth-order valence-corrected chi connectivity index (χ4v) is 2.61. The van der Waals surface area contributed by atoms with E-state index in [1.54, 1.807) is 12.1 Å². The van der Waals surface area contributed by atoms with E-state index in [0.29, 0.717) is 6.54 Å². The highest BCUT2D eigenvalue weighted by molar-refractivity contribution is 5.30. The Hall–Kier alpha value is -1.87. The van der Waals surface area contributed by atoms with E-state index in [-0.39, 0.29) is 11.6 Å². The van der Waals surface area contributed by atoms with Crippen LogP contribution in [0.4, 0.5) is 0 Å². The number of likely N-dealkylation sites (N-methyl/N-ethyl adjacent to an activating group) is 1. The SMILES string of the molecule is CNC(Cn1c(C)cccc1=O)c1cc(C)cc(C)c1. The third-order valence-corrected chi connectivity index (χ3v) is 3.63. The van der Waals surface area contributed by atoms with Gasteiger partial charge in [-0.1, -0.05) is 35.4 Å². The van der Waals surface area contributed by atoms with Gasteiger partial charge in [0, 0.05) is 18.3 Å². The summed E-state index contributed by atoms with van der Waals surface area (Å²) in [5.41, 5.74) is 4.76. The van der Waals surface area contributed by atoms with Crippen molar-refractivity contribution in [2.75, 3.05) is 7.05 Å². The molecule has 1 atom stereocenters. The lowest BCUT2D eigenvalue weighted by atomic mass is 10.0. The minimum absolute atomic E-state index is 0.0506. The molecule has 106 valence electrons. The number of nitrogens with zero attached hydrogens (tertiary/aromatic N) is 1. The first kappa shape index (κ1) is 14.5. The van der Waals surface area contributed by atoms with Gasteiger partial charge in [0.25, 0.3) is 5.56 Å². The van der Waals surface area contributed by atoms with Gasteiger partial charge in [0.05, 0.1) is 6.04 Å². The molecule has 3 heteroatoms. The second-order valence-electron chi connectivity index (χ2n) is 5.38. The number of aromatic nitrogens is 1. The Balaban J connectivity index is 2.36. The van der Waals surface area contributed by atoms with Gasteiger partial charge in [0.15, 0.2) is 0 Å². The van der Waals surface area contributed by atoms with E-state index < -0.39 is 0 Å². The van der Waals surface area contributed by atoms with Crippen molar-refractivity contribution >= 4 is 0 Å². The molecule has 0 aliphatic heterocycles. The summed E-state index contributed by atoms with van der Waals surface area (Å²) in [5.74, 6) is 0. The molecule has 1 N–H and O–H groups in total. The van der Waals surface area contributed by atoms with Gasteiger partial charge in [-0.05, 0) is 39.4 Å². The maximum atomic E-state index is 12.0. The Bertz CT molecular complexity index is 638. The number of benzene rings is 1. The monoisotopic (exact) mass is 270 g/mol. The van der Waals surface area contributed by atoms with Gasteiger partial charge < -0.3 is 9.88 Å². The predicted octanol–water partition coefficient (Wildman–Crippen LogP) is 2.73. The minimum Gasteiger partial charge on any atom is -0.312 e. The van der Waals surface area contributed by atoms with Gasteiger partial charge in [-0.2, -0.15) is 0 Å². The van der Waals surface area contributed by atoms with Crippen LogP contribution in [0.1, 0.15) is 28.4 Å². The average Bonchev–Trinajstić information content (AvgIpc) is 2.37. The first-order valence-corrected chi connectivity index (χ1v) is 6.93. The van der Waals surface area contributed by atoms with Crippen LogP contribution >= 0.6 is 0 Å². The molecule has 0 spiro atoms. The van der Waals surface area contributed by atoms with Crippen LogP contribution in [0, 0.1) is 20.8 Å². The van der Waals surface area contributed by atoms with Crippen molar-refractivity contribution in [3.63, 3.8) is 0 Å². The van der Waals surface area contributed by atoms with Gasteiger partial charge >= 0.3 is 0 Å². The summed E-state index contributed by atoms with van der Waals surface area (Å²) < 4.78 is 1.82. The van der Waals surface area contributed by atoms with E-state index in [4.69, 9.17) is 0 Å². The molecule has 1 aromatic carbocycles. The molecule has 1 aromatic heterocycles. The molecule has 3 nitrogen and oxygen atoms in total. The van der Waals surface area contributed by atoms with E-state index in [1.165, 1.54) is 16.7 Å². The van der Waals surface area contributed by atoms with Crippen LogP contribution in [0.3, 0.4) is 0 Å². The third kappa shape index (κ3) is 3.17. The highest BCUT2D eigenvalue weighted by Gasteiger charge is 2.12. The Morgan fingerprint density at radius 3 is 2.30 bits per heavy atom. The van der Waals surface area contributed by atoms with Gasteiger partial charge in [-0.25, -0.2) is 0 Å². The van der Waals surface area contributed by atoms with Crippen molar-refractivity contribution in [1.29, 1.82) is 0 Å². The smallest absolute Gasteiger partial charge is 0.250 e. The van der Waals surface area contributed by atoms with Crippen LogP contribution in [-0.2, 0) is 6.54 Å². The van der Waals surface area contributed by atoms with Gasteiger partial charge in [0.1, 0.15) is 0 Å². The fourth-order valence-electron chi connectivity index (χ4n) is 2.61. The Morgan fingerprint density at radius 1 is 1.10 bits per heavy atom. The Morgan fingerprint density at radius 2 is 1.75 bits per heavy atom. The van der Waals surface area contributed by atoms with Crippen LogP contribution in [0.15, 0.2) is 41.2 Å². The van der Waals surface area contributed by atoms with Crippen molar-refractivity contribution in [2.24, 2.45) is 0 Å². The van der Waals surface area contributed by atoms with Crippen LogP contribution < -0.4 is 10.9 Å². The summed E-state index contributed by atoms with van der Waals surface area (Å²) in [6.45, 7) is 6.81. The summed E-state index contributed by atoms with van der Waals surface area (Å²) in [7, 11) is 1.94. The molecule has 0 bridgehead atoms. The van der Waals surface area contributed by atoms with Gasteiger partial charge in [-0.15, -0.1) is 0 Å². The first-order chi connectivity index (χ1) is 9.51. The largest absolute Gasteiger partial charge is 0.312 e. The topological polar surface area (TPSA) is 34.0 Å². The average molecular weight is 270 g/mol. The number of pyridine rings is 1. The van der Waals surface area contributed by atoms with E-state index in [0.717, 1.165) is 5.69 Å². The van der Waals surface area contributed by atoms with Crippen molar-refractivity contribution < 1.29 is 0 Å². The van der Waals surface area contributed by atoms with E-state index in [9.17, 15) is 4.79 Å². The lowest BCUT2D eigenvalue weighted by molar-refractivity contribution is 0.483. The highest BCUT2D eigenvalue weighted by atomic mass is 16.1. The fraction of sp³-hybridized carbons (Fsp3) is 0.353. The molecule has 1 unspecified atom stereocenters. The minimum atomic E-state index is 0.0506. The Labute approximate surface area is 120 Å². The van der Waals surface area contributed by atoms with Crippen LogP contribution in [0.2, 0.25) is 0 Å². The summed E-state index contributed by atoms with van der Waals surface area (Å²) in [6.07, 6.45) is 0. The molecular weight excluding hydrogens is 248 g/mol. The highest BCUT2D eigenvalue weighted by Crippen LogP contribution is 2.18. The lowest BCUT2D eigenvalue weighted by Gasteiger charge is -2.20. The van der Waals surface area contributed by atoms with E-state index >= 15 is 0 Å². The first-order valence-electron chi connectivity index (χ1n) is 6.93. The molecule has 2 aromatic rings. The van der Waals surface area contributed by atoms with Crippen molar-refractivity contribution in [3.05, 3.63) is 69.1 Å². The molecule has 0 saturated heterocycles. The van der Waals surface area contributed by atoms with E-state index in [1.807, 2.05) is 24.6 Å². The zero-order chi connectivity index (χ0) is 14.7. The molecule has 0 aliphatic rings. The molecule has 1 heterocycles. The summed E-state index contributed by atoms with van der Waals surface area (Å²) >= 11 is 0. The summed E-state index contributed by atoms with van der Waals surface area (Å²) in [4.78, 5) is 12.0. The maximum absolute atomic E-state index is 12.0. The number of nitrogens with one attached hydrogen (secondary N) is 1. The zero-order valence-electron chi connectivity index (χ0n) is 12.6. The predicted molar refractivity (Wildman–Crippen MR) is 83.2 cm³/mol. The normalized spacial score (nSPS) is 12.4. The molecule has 20 heavy (non-hydrogen) atoms. The quantitative estimate of drug-likeness (QED) is 0.927. The number of aryl methyl sites for hydroxylation is 3. The molecule has 0 aliphatic carbocycles. The molecule has 0 fully saturated rings. The van der Waals surface area contributed by atoms with Gasteiger partial charge in [0.2, 0.25) is 0 Å². The zero-order valence-corrected chi connectivity index (χ0v) is 12.6. The van der Waals surface area contributed by atoms with Crippen LogP contribution in [-0.4, -0.2) is 11.6 Å². The number of hydrogen-bond donors (Lipinski definition) is 1. The van der Waals surface area contributed by atoms with Crippen LogP contribution in [0.25, 0.3) is 0 Å². The van der Waals surface area contributed by atoms with E-state index in [2.05, 4.69) is 37.4 Å². The summed E-state index contributed by atoms with van der Waals surface area (Å²) in [6, 6.07) is 12.0. The lowest BCUT2D eigenvalue weighted by Crippen LogP contribution is -2.29. The Kier molecular flexibility index (Phi) is 4.40.